The number of hydrogen-bond acceptors (Lipinski definition) is 5. The lowest BCUT2D eigenvalue weighted by molar-refractivity contribution is 0.509. The first-order chi connectivity index (χ1) is 12.6. The van der Waals surface area contributed by atoms with Gasteiger partial charge in [0.15, 0.2) is 5.16 Å². The van der Waals surface area contributed by atoms with Crippen molar-refractivity contribution in [2.75, 3.05) is 5.75 Å². The summed E-state index contributed by atoms with van der Waals surface area (Å²) in [5.74, 6) is 0.884. The van der Waals surface area contributed by atoms with E-state index in [0.717, 1.165) is 35.2 Å². The van der Waals surface area contributed by atoms with Gasteiger partial charge in [-0.1, -0.05) is 30.3 Å². The van der Waals surface area contributed by atoms with Gasteiger partial charge >= 0.3 is 0 Å². The van der Waals surface area contributed by atoms with Crippen LogP contribution in [0, 0.1) is 17.2 Å². The van der Waals surface area contributed by atoms with E-state index < -0.39 is 0 Å². The van der Waals surface area contributed by atoms with Crippen LogP contribution < -0.4 is 5.56 Å². The normalized spacial score (nSPS) is 16.4. The average molecular weight is 402 g/mol. The van der Waals surface area contributed by atoms with Gasteiger partial charge in [0.05, 0.1) is 22.9 Å². The first kappa shape index (κ1) is 17.6. The van der Waals surface area contributed by atoms with Crippen molar-refractivity contribution in [1.82, 2.24) is 9.55 Å². The van der Waals surface area contributed by atoms with E-state index in [1.165, 1.54) is 22.2 Å². The van der Waals surface area contributed by atoms with Crippen LogP contribution in [0.25, 0.3) is 15.9 Å². The molecule has 0 saturated heterocycles. The van der Waals surface area contributed by atoms with Crippen molar-refractivity contribution in [3.05, 3.63) is 50.1 Å². The van der Waals surface area contributed by atoms with Gasteiger partial charge in [0.25, 0.3) is 5.56 Å². The molecule has 0 N–H and O–H groups in total. The molecule has 0 bridgehead atoms. The molecule has 0 radical (unpaired) electrons. The number of nitriles is 1. The fourth-order valence-electron chi connectivity index (χ4n) is 3.38. The highest BCUT2D eigenvalue weighted by molar-refractivity contribution is 7.99. The summed E-state index contributed by atoms with van der Waals surface area (Å²) in [5, 5.41) is 10.9. The zero-order valence-electron chi connectivity index (χ0n) is 14.2. The molecule has 0 amide bonds. The second kappa shape index (κ2) is 7.07. The summed E-state index contributed by atoms with van der Waals surface area (Å²) in [7, 11) is 0. The van der Waals surface area contributed by atoms with Gasteiger partial charge in [-0.25, -0.2) is 4.98 Å². The maximum Gasteiger partial charge on any atom is 0.267 e. The molecule has 1 aliphatic rings. The summed E-state index contributed by atoms with van der Waals surface area (Å²) < 4.78 is 1.62. The lowest BCUT2D eigenvalue weighted by atomic mass is 9.89. The van der Waals surface area contributed by atoms with Gasteiger partial charge in [0, 0.05) is 9.90 Å². The van der Waals surface area contributed by atoms with Crippen LogP contribution in [0.5, 0.6) is 0 Å². The summed E-state index contributed by atoms with van der Waals surface area (Å²) >= 11 is 8.91. The molecule has 26 heavy (non-hydrogen) atoms. The SMILES string of the molecule is C[C@H]1CCc2c(sc3nc(SCC#N)n(-c4ccc(Cl)cc4)c(=O)c23)C1. The Morgan fingerprint density at radius 2 is 2.19 bits per heavy atom. The van der Waals surface area contributed by atoms with Crippen LogP contribution in [0.2, 0.25) is 5.02 Å². The molecule has 3 aromatic rings. The molecule has 2 heterocycles. The monoisotopic (exact) mass is 401 g/mol. The van der Waals surface area contributed by atoms with Gasteiger partial charge in [0.1, 0.15) is 4.83 Å². The van der Waals surface area contributed by atoms with Gasteiger partial charge in [-0.05, 0) is 55.0 Å². The highest BCUT2D eigenvalue weighted by Crippen LogP contribution is 2.37. The van der Waals surface area contributed by atoms with Crippen LogP contribution in [0.4, 0.5) is 0 Å². The Bertz CT molecular complexity index is 1080. The lowest BCUT2D eigenvalue weighted by Crippen LogP contribution is -2.22. The molecular weight excluding hydrogens is 386 g/mol. The average Bonchev–Trinajstić information content (AvgIpc) is 2.98. The number of fused-ring (bicyclic) bond motifs is 3. The van der Waals surface area contributed by atoms with Gasteiger partial charge in [-0.2, -0.15) is 5.26 Å². The van der Waals surface area contributed by atoms with E-state index in [0.29, 0.717) is 16.1 Å². The maximum absolute atomic E-state index is 13.4. The molecule has 1 aliphatic carbocycles. The molecule has 2 aromatic heterocycles. The standard InChI is InChI=1S/C19H16ClN3OS2/c1-11-2-7-14-15(10-11)26-17-16(14)18(24)23(19(22-17)25-9-8-21)13-5-3-12(20)4-6-13/h3-6,11H,2,7,9-10H2,1H3/t11-/m0/s1. The summed E-state index contributed by atoms with van der Waals surface area (Å²) in [4.78, 5) is 20.3. The Morgan fingerprint density at radius 3 is 2.92 bits per heavy atom. The summed E-state index contributed by atoms with van der Waals surface area (Å²) in [6.45, 7) is 2.25. The number of rotatable bonds is 3. The van der Waals surface area contributed by atoms with Crippen molar-refractivity contribution < 1.29 is 0 Å². The predicted molar refractivity (Wildman–Crippen MR) is 108 cm³/mol. The Morgan fingerprint density at radius 1 is 1.42 bits per heavy atom. The molecule has 0 spiro atoms. The Kier molecular flexibility index (Phi) is 4.78. The molecule has 1 atom stereocenters. The molecule has 0 saturated carbocycles. The van der Waals surface area contributed by atoms with Crippen molar-refractivity contribution in [2.24, 2.45) is 5.92 Å². The van der Waals surface area contributed by atoms with E-state index in [4.69, 9.17) is 21.8 Å². The van der Waals surface area contributed by atoms with Gasteiger partial charge in [-0.15, -0.1) is 11.3 Å². The van der Waals surface area contributed by atoms with E-state index in [-0.39, 0.29) is 11.3 Å². The minimum atomic E-state index is -0.0511. The quantitative estimate of drug-likeness (QED) is 0.465. The minimum absolute atomic E-state index is 0.0511. The predicted octanol–water partition coefficient (Wildman–Crippen LogP) is 4.84. The zero-order chi connectivity index (χ0) is 18.3. The van der Waals surface area contributed by atoms with E-state index in [2.05, 4.69) is 13.0 Å². The van der Waals surface area contributed by atoms with Gasteiger partial charge < -0.3 is 0 Å². The van der Waals surface area contributed by atoms with Crippen LogP contribution in [0.15, 0.2) is 34.2 Å². The van der Waals surface area contributed by atoms with Crippen LogP contribution in [-0.4, -0.2) is 15.3 Å². The lowest BCUT2D eigenvalue weighted by Gasteiger charge is -2.17. The number of thioether (sulfide) groups is 1. The molecule has 132 valence electrons. The number of hydrogen-bond donors (Lipinski definition) is 0. The Hall–Kier alpha value is -1.81. The fraction of sp³-hybridized carbons (Fsp3) is 0.316. The largest absolute Gasteiger partial charge is 0.268 e. The molecule has 7 heteroatoms. The highest BCUT2D eigenvalue weighted by Gasteiger charge is 2.25. The Balaban J connectivity index is 1.98. The number of nitrogens with zero attached hydrogens (tertiary/aromatic N) is 3. The summed E-state index contributed by atoms with van der Waals surface area (Å²) in [6.07, 6.45) is 3.04. The number of aromatic nitrogens is 2. The van der Waals surface area contributed by atoms with E-state index in [1.807, 2.05) is 12.1 Å². The second-order valence-electron chi connectivity index (χ2n) is 6.49. The molecule has 1 aromatic carbocycles. The van der Waals surface area contributed by atoms with Crippen molar-refractivity contribution in [1.29, 1.82) is 5.26 Å². The summed E-state index contributed by atoms with van der Waals surface area (Å²) in [6, 6.07) is 9.27. The Labute approximate surface area is 164 Å². The molecule has 0 fully saturated rings. The number of aryl methyl sites for hydroxylation is 1. The fourth-order valence-corrected chi connectivity index (χ4v) is 5.61. The van der Waals surface area contributed by atoms with Gasteiger partial charge in [-0.3, -0.25) is 9.36 Å². The molecular formula is C19H16ClN3OS2. The molecule has 0 unspecified atom stereocenters. The van der Waals surface area contributed by atoms with E-state index in [1.54, 1.807) is 28.0 Å². The first-order valence-electron chi connectivity index (χ1n) is 8.41. The van der Waals surface area contributed by atoms with Crippen molar-refractivity contribution in [2.45, 2.75) is 31.3 Å². The summed E-state index contributed by atoms with van der Waals surface area (Å²) in [5.41, 5.74) is 1.84. The van der Waals surface area contributed by atoms with Crippen LogP contribution >= 0.6 is 34.7 Å². The van der Waals surface area contributed by atoms with Crippen molar-refractivity contribution in [3.63, 3.8) is 0 Å². The minimum Gasteiger partial charge on any atom is -0.268 e. The highest BCUT2D eigenvalue weighted by atomic mass is 35.5. The van der Waals surface area contributed by atoms with Crippen LogP contribution in [0.3, 0.4) is 0 Å². The first-order valence-corrected chi connectivity index (χ1v) is 10.6. The zero-order valence-corrected chi connectivity index (χ0v) is 16.5. The van der Waals surface area contributed by atoms with Crippen molar-refractivity contribution >= 4 is 44.9 Å². The van der Waals surface area contributed by atoms with E-state index >= 15 is 0 Å². The van der Waals surface area contributed by atoms with E-state index in [9.17, 15) is 4.79 Å². The third kappa shape index (κ3) is 3.05. The van der Waals surface area contributed by atoms with Crippen LogP contribution in [-0.2, 0) is 12.8 Å². The number of benzene rings is 1. The molecule has 4 rings (SSSR count). The number of halogens is 1. The third-order valence-electron chi connectivity index (χ3n) is 4.65. The van der Waals surface area contributed by atoms with Gasteiger partial charge in [0.2, 0.25) is 0 Å². The second-order valence-corrected chi connectivity index (χ2v) is 8.95. The van der Waals surface area contributed by atoms with Crippen molar-refractivity contribution in [3.8, 4) is 11.8 Å². The topological polar surface area (TPSA) is 58.7 Å². The van der Waals surface area contributed by atoms with Crippen LogP contribution in [0.1, 0.15) is 23.8 Å². The molecule has 0 aliphatic heterocycles. The third-order valence-corrected chi connectivity index (χ3v) is 6.85. The number of thiophene rings is 1. The maximum atomic E-state index is 13.4. The smallest absolute Gasteiger partial charge is 0.267 e. The molecule has 4 nitrogen and oxygen atoms in total.